The van der Waals surface area contributed by atoms with Crippen LogP contribution in [0.5, 0.6) is 0 Å². The van der Waals surface area contributed by atoms with Gasteiger partial charge in [-0.15, -0.1) is 0 Å². The Morgan fingerprint density at radius 1 is 1.30 bits per heavy atom. The van der Waals surface area contributed by atoms with Crippen molar-refractivity contribution < 1.29 is 19.2 Å². The zero-order valence-electron chi connectivity index (χ0n) is 10.7. The van der Waals surface area contributed by atoms with Crippen LogP contribution in [0.4, 0.5) is 10.6 Å². The van der Waals surface area contributed by atoms with Crippen molar-refractivity contribution in [1.82, 2.24) is 10.5 Å². The van der Waals surface area contributed by atoms with E-state index >= 15 is 0 Å². The predicted molar refractivity (Wildman–Crippen MR) is 71.2 cm³/mol. The number of nitrogens with zero attached hydrogens (tertiary/aromatic N) is 1. The maximum Gasteiger partial charge on any atom is 0.325 e. The Labute approximate surface area is 114 Å². The molecule has 2 rings (SSSR count). The Hall–Kier alpha value is -2.83. The maximum absolute atomic E-state index is 11.5. The second-order valence-electron chi connectivity index (χ2n) is 4.10. The number of nitrogens with one attached hydrogen (secondary N) is 2. The number of amides is 2. The Bertz CT molecular complexity index is 609. The highest BCUT2D eigenvalue weighted by Crippen LogP contribution is 2.21. The summed E-state index contributed by atoms with van der Waals surface area (Å²) in [5.74, 6) is -0.406. The highest BCUT2D eigenvalue weighted by Gasteiger charge is 2.15. The molecule has 3 N–H and O–H groups in total. The first-order valence-electron chi connectivity index (χ1n) is 5.88. The fraction of sp³-hybridized carbons (Fsp3) is 0.154. The SMILES string of the molecule is CC(NC(=O)Nc1cc(-c2ccccc2)on1)C(=O)O. The zero-order chi connectivity index (χ0) is 14.5. The van der Waals surface area contributed by atoms with Gasteiger partial charge in [0.15, 0.2) is 11.6 Å². The normalized spacial score (nSPS) is 11.7. The van der Waals surface area contributed by atoms with E-state index in [4.69, 9.17) is 9.63 Å². The fourth-order valence-corrected chi connectivity index (χ4v) is 1.48. The van der Waals surface area contributed by atoms with Crippen LogP contribution in [0, 0.1) is 0 Å². The van der Waals surface area contributed by atoms with Crippen LogP contribution in [0.25, 0.3) is 11.3 Å². The lowest BCUT2D eigenvalue weighted by atomic mass is 10.2. The lowest BCUT2D eigenvalue weighted by Crippen LogP contribution is -2.40. The van der Waals surface area contributed by atoms with Gasteiger partial charge in [-0.25, -0.2) is 4.79 Å². The molecule has 7 heteroatoms. The third-order valence-corrected chi connectivity index (χ3v) is 2.53. The lowest BCUT2D eigenvalue weighted by Gasteiger charge is -2.08. The summed E-state index contributed by atoms with van der Waals surface area (Å²) in [4.78, 5) is 22.1. The quantitative estimate of drug-likeness (QED) is 0.790. The van der Waals surface area contributed by atoms with Crippen LogP contribution < -0.4 is 10.6 Å². The first kappa shape index (κ1) is 13.6. The number of urea groups is 1. The number of carbonyl (C=O) groups excluding carboxylic acids is 1. The van der Waals surface area contributed by atoms with Crippen LogP contribution in [-0.4, -0.2) is 28.3 Å². The van der Waals surface area contributed by atoms with Crippen LogP contribution in [0.3, 0.4) is 0 Å². The molecule has 1 heterocycles. The molecular weight excluding hydrogens is 262 g/mol. The molecule has 20 heavy (non-hydrogen) atoms. The average Bonchev–Trinajstić information content (AvgIpc) is 2.88. The largest absolute Gasteiger partial charge is 0.480 e. The van der Waals surface area contributed by atoms with Crippen LogP contribution in [-0.2, 0) is 4.79 Å². The molecule has 0 spiro atoms. The van der Waals surface area contributed by atoms with Crippen molar-refractivity contribution >= 4 is 17.8 Å². The van der Waals surface area contributed by atoms with Crippen LogP contribution >= 0.6 is 0 Å². The van der Waals surface area contributed by atoms with Gasteiger partial charge in [0, 0.05) is 11.6 Å². The summed E-state index contributed by atoms with van der Waals surface area (Å²) in [5.41, 5.74) is 0.826. The third kappa shape index (κ3) is 3.35. The highest BCUT2D eigenvalue weighted by atomic mass is 16.5. The van der Waals surface area contributed by atoms with Gasteiger partial charge in [-0.3, -0.25) is 10.1 Å². The molecule has 1 aromatic carbocycles. The molecule has 0 aliphatic carbocycles. The molecule has 2 amide bonds. The molecular formula is C13H13N3O4. The molecule has 0 fully saturated rings. The van der Waals surface area contributed by atoms with Crippen molar-refractivity contribution in [2.75, 3.05) is 5.32 Å². The Morgan fingerprint density at radius 3 is 2.65 bits per heavy atom. The van der Waals surface area contributed by atoms with E-state index < -0.39 is 18.0 Å². The van der Waals surface area contributed by atoms with E-state index in [1.54, 1.807) is 6.07 Å². The average molecular weight is 275 g/mol. The number of hydrogen-bond donors (Lipinski definition) is 3. The van der Waals surface area contributed by atoms with Gasteiger partial charge < -0.3 is 14.9 Å². The van der Waals surface area contributed by atoms with Crippen molar-refractivity contribution in [3.05, 3.63) is 36.4 Å². The number of rotatable bonds is 4. The standard InChI is InChI=1S/C13H13N3O4/c1-8(12(17)18)14-13(19)15-11-7-10(20-16-11)9-5-3-2-4-6-9/h2-8H,1H3,(H,17,18)(H2,14,15,16,19). The molecule has 0 saturated carbocycles. The molecule has 1 unspecified atom stereocenters. The molecule has 1 atom stereocenters. The van der Waals surface area contributed by atoms with Gasteiger partial charge in [0.25, 0.3) is 0 Å². The van der Waals surface area contributed by atoms with E-state index in [1.165, 1.54) is 6.92 Å². The van der Waals surface area contributed by atoms with Gasteiger partial charge in [0.05, 0.1) is 0 Å². The number of carbonyl (C=O) groups is 2. The Kier molecular flexibility index (Phi) is 3.99. The summed E-state index contributed by atoms with van der Waals surface area (Å²) in [5, 5.41) is 17.0. The molecule has 0 aliphatic heterocycles. The van der Waals surface area contributed by atoms with Crippen molar-refractivity contribution in [2.45, 2.75) is 13.0 Å². The highest BCUT2D eigenvalue weighted by molar-refractivity contribution is 5.91. The molecule has 1 aromatic heterocycles. The zero-order valence-corrected chi connectivity index (χ0v) is 10.7. The van der Waals surface area contributed by atoms with Gasteiger partial charge in [-0.1, -0.05) is 35.5 Å². The first-order chi connectivity index (χ1) is 9.56. The van der Waals surface area contributed by atoms with E-state index in [2.05, 4.69) is 15.8 Å². The van der Waals surface area contributed by atoms with Crippen LogP contribution in [0.2, 0.25) is 0 Å². The number of carboxylic acids is 1. The number of anilines is 1. The van der Waals surface area contributed by atoms with Crippen molar-refractivity contribution in [3.63, 3.8) is 0 Å². The van der Waals surface area contributed by atoms with Gasteiger partial charge in [0.2, 0.25) is 0 Å². The van der Waals surface area contributed by atoms with Gasteiger partial charge in [-0.05, 0) is 6.92 Å². The number of carboxylic acid groups (broad SMARTS) is 1. The third-order valence-electron chi connectivity index (χ3n) is 2.53. The fourth-order valence-electron chi connectivity index (χ4n) is 1.48. The van der Waals surface area contributed by atoms with Crippen molar-refractivity contribution in [2.24, 2.45) is 0 Å². The summed E-state index contributed by atoms with van der Waals surface area (Å²) in [6.07, 6.45) is 0. The molecule has 0 bridgehead atoms. The van der Waals surface area contributed by atoms with Gasteiger partial charge in [-0.2, -0.15) is 0 Å². The predicted octanol–water partition coefficient (Wildman–Crippen LogP) is 1.94. The minimum atomic E-state index is -1.12. The number of hydrogen-bond acceptors (Lipinski definition) is 4. The molecule has 0 radical (unpaired) electrons. The topological polar surface area (TPSA) is 104 Å². The smallest absolute Gasteiger partial charge is 0.325 e. The van der Waals surface area contributed by atoms with E-state index in [0.29, 0.717) is 5.76 Å². The Balaban J connectivity index is 2.00. The summed E-state index contributed by atoms with van der Waals surface area (Å²) < 4.78 is 5.10. The minimum Gasteiger partial charge on any atom is -0.480 e. The van der Waals surface area contributed by atoms with Crippen LogP contribution in [0.15, 0.2) is 40.9 Å². The molecule has 104 valence electrons. The van der Waals surface area contributed by atoms with Crippen molar-refractivity contribution in [1.29, 1.82) is 0 Å². The number of aromatic nitrogens is 1. The second-order valence-corrected chi connectivity index (χ2v) is 4.10. The molecule has 0 saturated heterocycles. The van der Waals surface area contributed by atoms with Gasteiger partial charge >= 0.3 is 12.0 Å². The molecule has 7 nitrogen and oxygen atoms in total. The number of benzene rings is 1. The summed E-state index contributed by atoms with van der Waals surface area (Å²) >= 11 is 0. The second kappa shape index (κ2) is 5.87. The summed E-state index contributed by atoms with van der Waals surface area (Å²) in [6.45, 7) is 1.36. The first-order valence-corrected chi connectivity index (χ1v) is 5.88. The van der Waals surface area contributed by atoms with Crippen LogP contribution in [0.1, 0.15) is 6.92 Å². The minimum absolute atomic E-state index is 0.207. The Morgan fingerprint density at radius 2 is 2.00 bits per heavy atom. The lowest BCUT2D eigenvalue weighted by molar-refractivity contribution is -0.138. The van der Waals surface area contributed by atoms with E-state index in [1.807, 2.05) is 30.3 Å². The molecule has 0 aliphatic rings. The number of aliphatic carboxylic acids is 1. The van der Waals surface area contributed by atoms with Gasteiger partial charge in [0.1, 0.15) is 6.04 Å². The van der Waals surface area contributed by atoms with E-state index in [0.717, 1.165) is 5.56 Å². The van der Waals surface area contributed by atoms with E-state index in [9.17, 15) is 9.59 Å². The summed E-state index contributed by atoms with van der Waals surface area (Å²) in [7, 11) is 0. The summed E-state index contributed by atoms with van der Waals surface area (Å²) in [6, 6.07) is 9.18. The van der Waals surface area contributed by atoms with E-state index in [-0.39, 0.29) is 5.82 Å². The van der Waals surface area contributed by atoms with Crippen molar-refractivity contribution in [3.8, 4) is 11.3 Å². The monoisotopic (exact) mass is 275 g/mol. The maximum atomic E-state index is 11.5. The molecule has 2 aromatic rings.